The number of hydrogen-bond donors (Lipinski definition) is 2. The summed E-state index contributed by atoms with van der Waals surface area (Å²) in [6, 6.07) is 8.35. The molecule has 0 radical (unpaired) electrons. The lowest BCUT2D eigenvalue weighted by Gasteiger charge is -2.25. The van der Waals surface area contributed by atoms with Crippen molar-refractivity contribution in [3.8, 4) is 0 Å². The second kappa shape index (κ2) is 6.37. The Labute approximate surface area is 124 Å². The fraction of sp³-hybridized carbons (Fsp3) is 0.500. The molecular formula is C16H22N4O. The van der Waals surface area contributed by atoms with E-state index in [1.807, 2.05) is 12.1 Å². The lowest BCUT2D eigenvalue weighted by Crippen LogP contribution is -2.41. The van der Waals surface area contributed by atoms with Gasteiger partial charge in [-0.25, -0.2) is 0 Å². The minimum Gasteiger partial charge on any atom is -0.396 e. The summed E-state index contributed by atoms with van der Waals surface area (Å²) < 4.78 is 0. The summed E-state index contributed by atoms with van der Waals surface area (Å²) in [5.74, 6) is 0.987. The van der Waals surface area contributed by atoms with E-state index in [-0.39, 0.29) is 12.6 Å². The van der Waals surface area contributed by atoms with Crippen LogP contribution < -0.4 is 16.3 Å². The van der Waals surface area contributed by atoms with Crippen LogP contribution in [-0.2, 0) is 0 Å². The van der Waals surface area contributed by atoms with Gasteiger partial charge in [-0.1, -0.05) is 18.2 Å². The van der Waals surface area contributed by atoms with Crippen LogP contribution in [0.25, 0.3) is 5.70 Å². The predicted molar refractivity (Wildman–Crippen MR) is 83.4 cm³/mol. The lowest BCUT2D eigenvalue weighted by atomic mass is 10.1. The van der Waals surface area contributed by atoms with Gasteiger partial charge in [0, 0.05) is 18.2 Å². The summed E-state index contributed by atoms with van der Waals surface area (Å²) in [7, 11) is 0. The largest absolute Gasteiger partial charge is 0.396 e. The van der Waals surface area contributed by atoms with E-state index in [9.17, 15) is 5.11 Å². The summed E-state index contributed by atoms with van der Waals surface area (Å²) in [5.41, 5.74) is 6.86. The second-order valence-electron chi connectivity index (χ2n) is 5.43. The fourth-order valence-electron chi connectivity index (χ4n) is 3.06. The van der Waals surface area contributed by atoms with Gasteiger partial charge in [0.15, 0.2) is 0 Å². The third-order valence-electron chi connectivity index (χ3n) is 4.01. The first-order valence-corrected chi connectivity index (χ1v) is 7.64. The molecule has 21 heavy (non-hydrogen) atoms. The third-order valence-corrected chi connectivity index (χ3v) is 4.01. The number of nitrogens with zero attached hydrogens (tertiary/aromatic N) is 3. The van der Waals surface area contributed by atoms with Gasteiger partial charge in [0.2, 0.25) is 0 Å². The van der Waals surface area contributed by atoms with E-state index >= 15 is 0 Å². The number of fused-ring (bicyclic) bond motifs is 2. The van der Waals surface area contributed by atoms with Crippen molar-refractivity contribution in [3.05, 3.63) is 34.8 Å². The van der Waals surface area contributed by atoms with Crippen LogP contribution in [0.2, 0.25) is 0 Å². The number of rotatable bonds is 6. The Hall–Kier alpha value is -1.72. The number of aliphatic imine (C=N–C) groups is 1. The van der Waals surface area contributed by atoms with E-state index in [2.05, 4.69) is 22.0 Å². The van der Waals surface area contributed by atoms with Gasteiger partial charge in [0.05, 0.1) is 24.2 Å². The number of hydrogen-bond acceptors (Lipinski definition) is 5. The Bertz CT molecular complexity index is 652. The van der Waals surface area contributed by atoms with Crippen LogP contribution in [0.3, 0.4) is 0 Å². The number of aliphatic hydroxyl groups is 1. The van der Waals surface area contributed by atoms with Gasteiger partial charge in [0.1, 0.15) is 11.9 Å². The molecule has 112 valence electrons. The van der Waals surface area contributed by atoms with E-state index in [1.54, 1.807) is 0 Å². The highest BCUT2D eigenvalue weighted by Gasteiger charge is 2.31. The number of unbranched alkanes of at least 4 members (excludes halogenated alkanes) is 1. The smallest absolute Gasteiger partial charge is 0.112 e. The van der Waals surface area contributed by atoms with Gasteiger partial charge in [0.25, 0.3) is 0 Å². The maximum absolute atomic E-state index is 9.28. The second-order valence-corrected chi connectivity index (χ2v) is 5.43. The molecule has 0 aliphatic carbocycles. The fourth-order valence-corrected chi connectivity index (χ4v) is 3.06. The lowest BCUT2D eigenvalue weighted by molar-refractivity contribution is 0.303. The summed E-state index contributed by atoms with van der Waals surface area (Å²) >= 11 is 0. The van der Waals surface area contributed by atoms with E-state index in [0.29, 0.717) is 19.5 Å². The standard InChI is InChI=1S/C16H22N4O/c17-8-3-4-9-20-15(7-10-21)19-14-11-18-13-6-2-1-5-12(13)16(14)20/h1-2,5-6,14,21H,3-4,7-11,17H2. The predicted octanol–water partition coefficient (Wildman–Crippen LogP) is -0.368. The molecule has 1 aromatic rings. The minimum atomic E-state index is 0.110. The normalized spacial score (nSPS) is 19.9. The molecule has 0 spiro atoms. The van der Waals surface area contributed by atoms with Gasteiger partial charge in [-0.3, -0.25) is 9.98 Å². The zero-order chi connectivity index (χ0) is 14.7. The zero-order valence-corrected chi connectivity index (χ0v) is 12.2. The average molecular weight is 286 g/mol. The van der Waals surface area contributed by atoms with Gasteiger partial charge in [-0.15, -0.1) is 0 Å². The quantitative estimate of drug-likeness (QED) is 0.701. The van der Waals surface area contributed by atoms with Crippen LogP contribution in [0.4, 0.5) is 0 Å². The third kappa shape index (κ3) is 2.71. The van der Waals surface area contributed by atoms with E-state index in [0.717, 1.165) is 30.6 Å². The van der Waals surface area contributed by atoms with Crippen molar-refractivity contribution in [3.63, 3.8) is 0 Å². The number of benzene rings is 1. The maximum Gasteiger partial charge on any atom is 0.112 e. The highest BCUT2D eigenvalue weighted by molar-refractivity contribution is 5.93. The molecule has 0 bridgehead atoms. The van der Waals surface area contributed by atoms with Crippen molar-refractivity contribution in [1.29, 1.82) is 0 Å². The molecule has 1 aromatic carbocycles. The molecule has 2 heterocycles. The molecule has 1 atom stereocenters. The van der Waals surface area contributed by atoms with Crippen LogP contribution in [0, 0.1) is 0 Å². The molecule has 0 saturated heterocycles. The highest BCUT2D eigenvalue weighted by atomic mass is 16.3. The number of para-hydroxylation sites is 1. The van der Waals surface area contributed by atoms with E-state index in [1.165, 1.54) is 10.9 Å². The molecule has 2 aliphatic heterocycles. The molecule has 0 aromatic heterocycles. The molecule has 2 aliphatic rings. The Morgan fingerprint density at radius 1 is 1.29 bits per heavy atom. The molecule has 0 saturated carbocycles. The molecule has 5 nitrogen and oxygen atoms in total. The Morgan fingerprint density at radius 2 is 2.14 bits per heavy atom. The highest BCUT2D eigenvalue weighted by Crippen LogP contribution is 2.25. The van der Waals surface area contributed by atoms with Crippen molar-refractivity contribution in [2.75, 3.05) is 26.2 Å². The number of nitrogens with two attached hydrogens (primary N) is 1. The molecular weight excluding hydrogens is 264 g/mol. The Kier molecular flexibility index (Phi) is 4.31. The maximum atomic E-state index is 9.28. The van der Waals surface area contributed by atoms with Crippen molar-refractivity contribution in [2.45, 2.75) is 25.3 Å². The van der Waals surface area contributed by atoms with Crippen LogP contribution in [0.1, 0.15) is 19.3 Å². The van der Waals surface area contributed by atoms with Crippen LogP contribution in [0.5, 0.6) is 0 Å². The van der Waals surface area contributed by atoms with Crippen molar-refractivity contribution >= 4 is 11.5 Å². The topological polar surface area (TPSA) is 74.2 Å². The molecule has 3 rings (SSSR count). The Balaban J connectivity index is 2.00. The summed E-state index contributed by atoms with van der Waals surface area (Å²) in [6.45, 7) is 2.46. The summed E-state index contributed by atoms with van der Waals surface area (Å²) in [5, 5.41) is 11.5. The molecule has 0 fully saturated rings. The van der Waals surface area contributed by atoms with Crippen molar-refractivity contribution in [2.24, 2.45) is 15.7 Å². The molecule has 0 amide bonds. The van der Waals surface area contributed by atoms with Crippen LogP contribution >= 0.6 is 0 Å². The monoisotopic (exact) mass is 286 g/mol. The van der Waals surface area contributed by atoms with Crippen molar-refractivity contribution < 1.29 is 5.11 Å². The SMILES string of the molecule is NCCCCN1C(CCO)=NC2CN=c3ccccc3=C21. The zero-order valence-electron chi connectivity index (χ0n) is 12.2. The van der Waals surface area contributed by atoms with Gasteiger partial charge < -0.3 is 15.7 Å². The van der Waals surface area contributed by atoms with Crippen molar-refractivity contribution in [1.82, 2.24) is 4.90 Å². The first-order valence-electron chi connectivity index (χ1n) is 7.64. The van der Waals surface area contributed by atoms with Gasteiger partial charge >= 0.3 is 0 Å². The molecule has 1 unspecified atom stereocenters. The van der Waals surface area contributed by atoms with Gasteiger partial charge in [-0.05, 0) is 25.5 Å². The van der Waals surface area contributed by atoms with Gasteiger partial charge in [-0.2, -0.15) is 0 Å². The minimum absolute atomic E-state index is 0.110. The summed E-state index contributed by atoms with van der Waals surface area (Å²) in [4.78, 5) is 11.7. The average Bonchev–Trinajstić information content (AvgIpc) is 2.86. The Morgan fingerprint density at radius 3 is 2.95 bits per heavy atom. The van der Waals surface area contributed by atoms with E-state index in [4.69, 9.17) is 10.7 Å². The van der Waals surface area contributed by atoms with Crippen LogP contribution in [0.15, 0.2) is 34.3 Å². The van der Waals surface area contributed by atoms with E-state index < -0.39 is 0 Å². The summed E-state index contributed by atoms with van der Waals surface area (Å²) in [6.07, 6.45) is 2.65. The molecule has 5 heteroatoms. The first-order chi connectivity index (χ1) is 10.3. The molecule has 3 N–H and O–H groups in total. The number of aliphatic hydroxyl groups excluding tert-OH is 1. The number of amidine groups is 1. The van der Waals surface area contributed by atoms with Crippen LogP contribution in [-0.4, -0.2) is 48.1 Å². The first kappa shape index (κ1) is 14.2.